The van der Waals surface area contributed by atoms with E-state index < -0.39 is 0 Å². The second kappa shape index (κ2) is 10.7. The van der Waals surface area contributed by atoms with Gasteiger partial charge in [-0.15, -0.1) is 35.3 Å². The molecule has 3 heterocycles. The van der Waals surface area contributed by atoms with E-state index in [1.54, 1.807) is 30.6 Å². The van der Waals surface area contributed by atoms with Crippen LogP contribution in [0.3, 0.4) is 0 Å². The van der Waals surface area contributed by atoms with Gasteiger partial charge in [0.2, 0.25) is 0 Å². The van der Waals surface area contributed by atoms with Crippen LogP contribution in [0.2, 0.25) is 0 Å². The second-order valence-electron chi connectivity index (χ2n) is 6.80. The Morgan fingerprint density at radius 2 is 2.10 bits per heavy atom. The molecule has 3 aromatic rings. The highest BCUT2D eigenvalue weighted by Crippen LogP contribution is 2.22. The predicted molar refractivity (Wildman–Crippen MR) is 131 cm³/mol. The SMILES string of the molecule is CN=C(NCc1nc(-c2ccccc2)cs1)NC1CCN(c2ncccc2F)C1.I. The van der Waals surface area contributed by atoms with Crippen molar-refractivity contribution in [3.05, 3.63) is 64.9 Å². The fraction of sp³-hybridized carbons (Fsp3) is 0.286. The normalized spacial score (nSPS) is 16.3. The summed E-state index contributed by atoms with van der Waals surface area (Å²) in [7, 11) is 1.75. The van der Waals surface area contributed by atoms with Gasteiger partial charge in [0, 0.05) is 43.3 Å². The molecule has 9 heteroatoms. The summed E-state index contributed by atoms with van der Waals surface area (Å²) in [6.45, 7) is 2.04. The number of hydrogen-bond acceptors (Lipinski definition) is 5. The molecule has 0 aliphatic carbocycles. The molecule has 1 aliphatic rings. The van der Waals surface area contributed by atoms with Crippen molar-refractivity contribution in [2.45, 2.75) is 19.0 Å². The van der Waals surface area contributed by atoms with Crippen LogP contribution in [0, 0.1) is 5.82 Å². The molecule has 158 valence electrons. The molecule has 2 aromatic heterocycles. The maximum absolute atomic E-state index is 14.0. The molecule has 0 spiro atoms. The third-order valence-electron chi connectivity index (χ3n) is 4.82. The maximum Gasteiger partial charge on any atom is 0.191 e. The van der Waals surface area contributed by atoms with Gasteiger partial charge in [-0.1, -0.05) is 30.3 Å². The van der Waals surface area contributed by atoms with Crippen molar-refractivity contribution >= 4 is 47.1 Å². The zero-order valence-corrected chi connectivity index (χ0v) is 19.7. The average Bonchev–Trinajstić information content (AvgIpc) is 3.42. The van der Waals surface area contributed by atoms with Crippen molar-refractivity contribution in [3.63, 3.8) is 0 Å². The lowest BCUT2D eigenvalue weighted by Gasteiger charge is -2.19. The van der Waals surface area contributed by atoms with Gasteiger partial charge in [-0.3, -0.25) is 4.99 Å². The van der Waals surface area contributed by atoms with Crippen LogP contribution in [0.25, 0.3) is 11.3 Å². The fourth-order valence-corrected chi connectivity index (χ4v) is 4.10. The Kier molecular flexibility index (Phi) is 7.97. The van der Waals surface area contributed by atoms with E-state index in [-0.39, 0.29) is 35.8 Å². The number of halogens is 2. The molecule has 1 atom stereocenters. The van der Waals surface area contributed by atoms with Crippen LogP contribution in [-0.4, -0.2) is 42.1 Å². The first-order chi connectivity index (χ1) is 14.2. The number of thiazole rings is 1. The molecule has 0 saturated carbocycles. The van der Waals surface area contributed by atoms with E-state index in [9.17, 15) is 4.39 Å². The Balaban J connectivity index is 0.00000256. The Labute approximate surface area is 196 Å². The molecular formula is C21H24FIN6S. The maximum atomic E-state index is 14.0. The molecule has 1 unspecified atom stereocenters. The molecule has 4 rings (SSSR count). The van der Waals surface area contributed by atoms with Crippen molar-refractivity contribution in [3.8, 4) is 11.3 Å². The Morgan fingerprint density at radius 3 is 2.87 bits per heavy atom. The van der Waals surface area contributed by atoms with Gasteiger partial charge in [-0.2, -0.15) is 0 Å². The van der Waals surface area contributed by atoms with Gasteiger partial charge >= 0.3 is 0 Å². The minimum atomic E-state index is -0.284. The summed E-state index contributed by atoms with van der Waals surface area (Å²) < 4.78 is 14.0. The highest BCUT2D eigenvalue weighted by molar-refractivity contribution is 14.0. The van der Waals surface area contributed by atoms with Crippen LogP contribution in [0.5, 0.6) is 0 Å². The minimum absolute atomic E-state index is 0. The monoisotopic (exact) mass is 538 g/mol. The number of anilines is 1. The first-order valence-electron chi connectivity index (χ1n) is 9.55. The van der Waals surface area contributed by atoms with Gasteiger partial charge in [0.25, 0.3) is 0 Å². The smallest absolute Gasteiger partial charge is 0.191 e. The molecule has 30 heavy (non-hydrogen) atoms. The molecule has 1 fully saturated rings. The fourth-order valence-electron chi connectivity index (χ4n) is 3.36. The third-order valence-corrected chi connectivity index (χ3v) is 5.67. The summed E-state index contributed by atoms with van der Waals surface area (Å²) in [6, 6.07) is 13.4. The van der Waals surface area contributed by atoms with Gasteiger partial charge in [0.1, 0.15) is 5.01 Å². The van der Waals surface area contributed by atoms with Crippen molar-refractivity contribution in [2.75, 3.05) is 25.0 Å². The summed E-state index contributed by atoms with van der Waals surface area (Å²) in [5, 5.41) is 9.80. The molecular weight excluding hydrogens is 514 g/mol. The lowest BCUT2D eigenvalue weighted by atomic mass is 10.2. The van der Waals surface area contributed by atoms with E-state index in [4.69, 9.17) is 4.98 Å². The highest BCUT2D eigenvalue weighted by Gasteiger charge is 2.25. The number of benzene rings is 1. The molecule has 2 N–H and O–H groups in total. The minimum Gasteiger partial charge on any atom is -0.352 e. The molecule has 0 bridgehead atoms. The largest absolute Gasteiger partial charge is 0.352 e. The van der Waals surface area contributed by atoms with Gasteiger partial charge < -0.3 is 15.5 Å². The Hall–Kier alpha value is -2.27. The molecule has 1 aromatic carbocycles. The lowest BCUT2D eigenvalue weighted by molar-refractivity contribution is 0.612. The number of pyridine rings is 1. The number of hydrogen-bond donors (Lipinski definition) is 2. The van der Waals surface area contributed by atoms with Crippen LogP contribution in [0.1, 0.15) is 11.4 Å². The summed E-state index contributed by atoms with van der Waals surface area (Å²) in [5.74, 6) is 0.847. The van der Waals surface area contributed by atoms with Gasteiger partial charge in [0.15, 0.2) is 17.6 Å². The van der Waals surface area contributed by atoms with Crippen LogP contribution in [0.4, 0.5) is 10.2 Å². The summed E-state index contributed by atoms with van der Waals surface area (Å²) in [4.78, 5) is 15.1. The zero-order valence-electron chi connectivity index (χ0n) is 16.6. The highest BCUT2D eigenvalue weighted by atomic mass is 127. The first-order valence-corrected chi connectivity index (χ1v) is 10.4. The number of rotatable bonds is 5. The number of guanidine groups is 1. The van der Waals surface area contributed by atoms with Crippen molar-refractivity contribution < 1.29 is 4.39 Å². The van der Waals surface area contributed by atoms with Crippen molar-refractivity contribution in [1.82, 2.24) is 20.6 Å². The van der Waals surface area contributed by atoms with Crippen molar-refractivity contribution in [1.29, 1.82) is 0 Å². The van der Waals surface area contributed by atoms with E-state index in [2.05, 4.69) is 38.1 Å². The first kappa shape index (κ1) is 22.4. The second-order valence-corrected chi connectivity index (χ2v) is 7.75. The summed E-state index contributed by atoms with van der Waals surface area (Å²) in [5.41, 5.74) is 2.10. The predicted octanol–water partition coefficient (Wildman–Crippen LogP) is 3.91. The van der Waals surface area contributed by atoms with Crippen molar-refractivity contribution in [2.24, 2.45) is 4.99 Å². The number of nitrogens with one attached hydrogen (secondary N) is 2. The number of aliphatic imine (C=N–C) groups is 1. The van der Waals surface area contributed by atoms with Gasteiger partial charge in [0.05, 0.1) is 12.2 Å². The molecule has 1 saturated heterocycles. The number of nitrogens with zero attached hydrogens (tertiary/aromatic N) is 4. The Bertz CT molecular complexity index is 980. The van der Waals surface area contributed by atoms with E-state index in [1.807, 2.05) is 23.1 Å². The quantitative estimate of drug-likeness (QED) is 0.293. The van der Waals surface area contributed by atoms with Crippen LogP contribution in [0.15, 0.2) is 59.0 Å². The van der Waals surface area contributed by atoms with Gasteiger partial charge in [-0.25, -0.2) is 14.4 Å². The number of aromatic nitrogens is 2. The third kappa shape index (κ3) is 5.45. The molecule has 0 radical (unpaired) electrons. The van der Waals surface area contributed by atoms with E-state index >= 15 is 0 Å². The molecule has 6 nitrogen and oxygen atoms in total. The van der Waals surface area contributed by atoms with Gasteiger partial charge in [-0.05, 0) is 18.6 Å². The molecule has 1 aliphatic heterocycles. The summed E-state index contributed by atoms with van der Waals surface area (Å²) >= 11 is 1.62. The molecule has 0 amide bonds. The van der Waals surface area contributed by atoms with E-state index in [0.717, 1.165) is 35.2 Å². The van der Waals surface area contributed by atoms with Crippen LogP contribution >= 0.6 is 35.3 Å². The summed E-state index contributed by atoms with van der Waals surface area (Å²) in [6.07, 6.45) is 2.52. The standard InChI is InChI=1S/C21H23FN6S.HI/c1-23-21(25-12-19-27-18(14-29-19)15-6-3-2-4-7-15)26-16-9-11-28(13-16)20-17(22)8-5-10-24-20;/h2-8,10,14,16H,9,11-13H2,1H3,(H2,23,25,26);1H. The Morgan fingerprint density at radius 1 is 1.27 bits per heavy atom. The van der Waals surface area contributed by atoms with Crippen LogP contribution in [-0.2, 0) is 6.54 Å². The lowest BCUT2D eigenvalue weighted by Crippen LogP contribution is -2.44. The van der Waals surface area contributed by atoms with Crippen LogP contribution < -0.4 is 15.5 Å². The van der Waals surface area contributed by atoms with E-state index in [0.29, 0.717) is 18.9 Å². The average molecular weight is 538 g/mol. The topological polar surface area (TPSA) is 65.4 Å². The van der Waals surface area contributed by atoms with E-state index in [1.165, 1.54) is 6.07 Å². The zero-order chi connectivity index (χ0) is 20.1.